The molecule has 25 heavy (non-hydrogen) atoms. The van der Waals surface area contributed by atoms with Gasteiger partial charge in [-0.2, -0.15) is 0 Å². The second kappa shape index (κ2) is 7.91. The Labute approximate surface area is 144 Å². The number of amides is 2. The van der Waals surface area contributed by atoms with E-state index in [0.29, 0.717) is 23.4 Å². The van der Waals surface area contributed by atoms with Gasteiger partial charge in [0.15, 0.2) is 0 Å². The van der Waals surface area contributed by atoms with E-state index in [2.05, 4.69) is 10.6 Å². The molecular weight excluding hydrogens is 326 g/mol. The van der Waals surface area contributed by atoms with Crippen molar-refractivity contribution in [3.63, 3.8) is 0 Å². The lowest BCUT2D eigenvalue weighted by molar-refractivity contribution is -0.384. The second-order valence-electron chi connectivity index (χ2n) is 5.07. The van der Waals surface area contributed by atoms with Crippen LogP contribution in [0.15, 0.2) is 42.5 Å². The molecule has 2 N–H and O–H groups in total. The van der Waals surface area contributed by atoms with Crippen molar-refractivity contribution in [1.29, 1.82) is 0 Å². The molecule has 0 spiro atoms. The second-order valence-corrected chi connectivity index (χ2v) is 5.07. The van der Waals surface area contributed by atoms with Crippen LogP contribution in [0.1, 0.15) is 23.7 Å². The summed E-state index contributed by atoms with van der Waals surface area (Å²) in [5.74, 6) is -0.267. The third-order valence-electron chi connectivity index (χ3n) is 3.39. The first-order chi connectivity index (χ1) is 11.9. The van der Waals surface area contributed by atoms with Crippen LogP contribution in [0.4, 0.5) is 17.1 Å². The summed E-state index contributed by atoms with van der Waals surface area (Å²) in [6, 6.07) is 10.2. The summed E-state index contributed by atoms with van der Waals surface area (Å²) in [6.07, 6.45) is 0.356. The molecule has 0 unspecified atom stereocenters. The summed E-state index contributed by atoms with van der Waals surface area (Å²) in [5, 5.41) is 16.1. The van der Waals surface area contributed by atoms with Crippen molar-refractivity contribution in [2.24, 2.45) is 0 Å². The zero-order valence-electron chi connectivity index (χ0n) is 13.7. The predicted molar refractivity (Wildman–Crippen MR) is 93.0 cm³/mol. The summed E-state index contributed by atoms with van der Waals surface area (Å²) in [5.41, 5.74) is 0.957. The molecule has 0 saturated carbocycles. The monoisotopic (exact) mass is 343 g/mol. The molecule has 0 saturated heterocycles. The molecule has 0 aliphatic heterocycles. The fraction of sp³-hybridized carbons (Fsp3) is 0.176. The Morgan fingerprint density at radius 2 is 1.80 bits per heavy atom. The number of carbonyl (C=O) groups excluding carboxylic acids is 2. The van der Waals surface area contributed by atoms with E-state index < -0.39 is 10.8 Å². The number of methoxy groups -OCH3 is 1. The van der Waals surface area contributed by atoms with E-state index in [1.54, 1.807) is 31.2 Å². The molecule has 0 fully saturated rings. The van der Waals surface area contributed by atoms with Crippen molar-refractivity contribution < 1.29 is 19.2 Å². The van der Waals surface area contributed by atoms with Gasteiger partial charge in [-0.1, -0.05) is 6.92 Å². The van der Waals surface area contributed by atoms with Gasteiger partial charge in [-0.15, -0.1) is 0 Å². The van der Waals surface area contributed by atoms with E-state index in [0.717, 1.165) is 0 Å². The number of nitro groups is 1. The lowest BCUT2D eigenvalue weighted by Gasteiger charge is -2.10. The van der Waals surface area contributed by atoms with Crippen molar-refractivity contribution in [3.8, 4) is 5.75 Å². The number of nitrogens with one attached hydrogen (secondary N) is 2. The Hall–Kier alpha value is -3.42. The first kappa shape index (κ1) is 17.9. The Bertz CT molecular complexity index is 802. The Morgan fingerprint density at radius 3 is 2.36 bits per heavy atom. The van der Waals surface area contributed by atoms with Crippen LogP contribution < -0.4 is 15.4 Å². The fourth-order valence-electron chi connectivity index (χ4n) is 2.06. The average molecular weight is 343 g/mol. The number of hydrogen-bond acceptors (Lipinski definition) is 5. The van der Waals surface area contributed by atoms with Crippen LogP contribution in [0.25, 0.3) is 0 Å². The largest absolute Gasteiger partial charge is 0.495 e. The van der Waals surface area contributed by atoms with E-state index in [1.807, 2.05) is 0 Å². The van der Waals surface area contributed by atoms with Gasteiger partial charge in [0.2, 0.25) is 5.91 Å². The number of ether oxygens (including phenoxy) is 1. The molecule has 8 heteroatoms. The van der Waals surface area contributed by atoms with Crippen molar-refractivity contribution in [3.05, 3.63) is 58.1 Å². The minimum Gasteiger partial charge on any atom is -0.495 e. The van der Waals surface area contributed by atoms with Crippen LogP contribution >= 0.6 is 0 Å². The highest BCUT2D eigenvalue weighted by molar-refractivity contribution is 6.05. The highest BCUT2D eigenvalue weighted by Gasteiger charge is 2.14. The van der Waals surface area contributed by atoms with Gasteiger partial charge in [-0.25, -0.2) is 0 Å². The summed E-state index contributed by atoms with van der Waals surface area (Å²) in [4.78, 5) is 34.0. The minimum absolute atomic E-state index is 0.126. The number of hydrogen-bond donors (Lipinski definition) is 2. The van der Waals surface area contributed by atoms with Gasteiger partial charge in [0.1, 0.15) is 5.75 Å². The van der Waals surface area contributed by atoms with Crippen LogP contribution in [0.5, 0.6) is 5.75 Å². The van der Waals surface area contributed by atoms with Crippen LogP contribution in [-0.4, -0.2) is 23.8 Å². The van der Waals surface area contributed by atoms with Crippen molar-refractivity contribution in [1.82, 2.24) is 0 Å². The van der Waals surface area contributed by atoms with Crippen molar-refractivity contribution >= 4 is 28.9 Å². The zero-order valence-corrected chi connectivity index (χ0v) is 13.7. The third kappa shape index (κ3) is 4.54. The maximum absolute atomic E-state index is 12.3. The van der Waals surface area contributed by atoms with E-state index in [4.69, 9.17) is 4.74 Å². The summed E-state index contributed by atoms with van der Waals surface area (Å²) in [6.45, 7) is 1.74. The molecule has 2 rings (SSSR count). The number of nitrogens with zero attached hydrogens (tertiary/aromatic N) is 1. The van der Waals surface area contributed by atoms with Gasteiger partial charge in [0, 0.05) is 29.8 Å². The van der Waals surface area contributed by atoms with Gasteiger partial charge < -0.3 is 15.4 Å². The van der Waals surface area contributed by atoms with Crippen LogP contribution in [0.3, 0.4) is 0 Å². The molecule has 2 aromatic carbocycles. The van der Waals surface area contributed by atoms with E-state index >= 15 is 0 Å². The topological polar surface area (TPSA) is 111 Å². The van der Waals surface area contributed by atoms with Gasteiger partial charge in [0.25, 0.3) is 11.6 Å². The van der Waals surface area contributed by atoms with E-state index in [1.165, 1.54) is 25.3 Å². The highest BCUT2D eigenvalue weighted by atomic mass is 16.6. The van der Waals surface area contributed by atoms with E-state index in [-0.39, 0.29) is 17.3 Å². The summed E-state index contributed by atoms with van der Waals surface area (Å²) in [7, 11) is 1.40. The van der Waals surface area contributed by atoms with Crippen molar-refractivity contribution in [2.45, 2.75) is 13.3 Å². The molecule has 0 bridgehead atoms. The quantitative estimate of drug-likeness (QED) is 0.618. The molecule has 130 valence electrons. The van der Waals surface area contributed by atoms with Gasteiger partial charge >= 0.3 is 0 Å². The summed E-state index contributed by atoms with van der Waals surface area (Å²) < 4.78 is 5.11. The molecule has 0 aromatic heterocycles. The van der Waals surface area contributed by atoms with Crippen molar-refractivity contribution in [2.75, 3.05) is 17.7 Å². The maximum atomic E-state index is 12.3. The summed E-state index contributed by atoms with van der Waals surface area (Å²) >= 11 is 0. The molecule has 0 radical (unpaired) electrons. The number of non-ortho nitro benzene ring substituents is 1. The Kier molecular flexibility index (Phi) is 5.67. The molecule has 0 heterocycles. The number of anilines is 2. The van der Waals surface area contributed by atoms with Crippen LogP contribution in [-0.2, 0) is 4.79 Å². The molecule has 0 aliphatic rings. The first-order valence-electron chi connectivity index (χ1n) is 7.48. The standard InChI is InChI=1S/C17H17N3O5/c1-3-16(21)18-12-6-4-11(5-7-12)17(22)19-14-10-13(20(23)24)8-9-15(14)25-2/h4-10H,3H2,1-2H3,(H,18,21)(H,19,22). The average Bonchev–Trinajstić information content (AvgIpc) is 2.62. The zero-order chi connectivity index (χ0) is 18.4. The lowest BCUT2D eigenvalue weighted by atomic mass is 10.1. The smallest absolute Gasteiger partial charge is 0.271 e. The van der Waals surface area contributed by atoms with E-state index in [9.17, 15) is 19.7 Å². The minimum atomic E-state index is -0.555. The SMILES string of the molecule is CCC(=O)Nc1ccc(C(=O)Nc2cc([N+](=O)[O-])ccc2OC)cc1. The van der Waals surface area contributed by atoms with Gasteiger partial charge in [-0.3, -0.25) is 19.7 Å². The first-order valence-corrected chi connectivity index (χ1v) is 7.48. The Balaban J connectivity index is 2.17. The van der Waals surface area contributed by atoms with Crippen LogP contribution in [0.2, 0.25) is 0 Å². The molecule has 0 aliphatic carbocycles. The third-order valence-corrected chi connectivity index (χ3v) is 3.39. The maximum Gasteiger partial charge on any atom is 0.271 e. The Morgan fingerprint density at radius 1 is 1.12 bits per heavy atom. The number of nitro benzene ring substituents is 1. The number of benzene rings is 2. The van der Waals surface area contributed by atoms with Gasteiger partial charge in [-0.05, 0) is 30.3 Å². The lowest BCUT2D eigenvalue weighted by Crippen LogP contribution is -2.13. The fourth-order valence-corrected chi connectivity index (χ4v) is 2.06. The molecule has 0 atom stereocenters. The van der Waals surface area contributed by atoms with Crippen LogP contribution in [0, 0.1) is 10.1 Å². The number of rotatable bonds is 6. The molecule has 2 amide bonds. The molecule has 8 nitrogen and oxygen atoms in total. The normalized spacial score (nSPS) is 10.0. The number of carbonyl (C=O) groups is 2. The van der Waals surface area contributed by atoms with Gasteiger partial charge in [0.05, 0.1) is 17.7 Å². The molecule has 2 aromatic rings. The predicted octanol–water partition coefficient (Wildman–Crippen LogP) is 3.20. The highest BCUT2D eigenvalue weighted by Crippen LogP contribution is 2.29. The molecular formula is C17H17N3O5.